The van der Waals surface area contributed by atoms with Crippen molar-refractivity contribution in [2.45, 2.75) is 32.2 Å². The van der Waals surface area contributed by atoms with Gasteiger partial charge in [-0.2, -0.15) is 9.30 Å². The molecule has 192 valence electrons. The average Bonchev–Trinajstić information content (AvgIpc) is 3.18. The maximum Gasteiger partial charge on any atom is 0.326 e. The molecule has 3 aromatic rings. The zero-order valence-electron chi connectivity index (χ0n) is 20.2. The number of rotatable bonds is 8. The molecule has 1 aromatic heterocycles. The summed E-state index contributed by atoms with van der Waals surface area (Å²) in [7, 11) is -3.64. The molecule has 0 saturated heterocycles. The van der Waals surface area contributed by atoms with Gasteiger partial charge in [0, 0.05) is 30.8 Å². The van der Waals surface area contributed by atoms with Gasteiger partial charge in [-0.25, -0.2) is 8.42 Å². The van der Waals surface area contributed by atoms with E-state index >= 15 is 0 Å². The van der Waals surface area contributed by atoms with E-state index in [0.29, 0.717) is 48.1 Å². The van der Waals surface area contributed by atoms with Gasteiger partial charge in [0.2, 0.25) is 10.0 Å². The van der Waals surface area contributed by atoms with Crippen molar-refractivity contribution in [3.8, 4) is 11.5 Å². The standard InChI is InChI=1S/C24H27N3O7S2/c1-4-26(5-2)36(30,31)17-9-7-16(8-10-17)23(29)25-24-27(15-22(28)32-6-3)18-13-19-20(14-21(18)35-24)34-12-11-33-19/h7-10,13-14H,4-6,11-12,15H2,1-3H3. The van der Waals surface area contributed by atoms with Crippen molar-refractivity contribution < 1.29 is 32.2 Å². The Bertz CT molecular complexity index is 1450. The van der Waals surface area contributed by atoms with Crippen LogP contribution in [0.2, 0.25) is 0 Å². The van der Waals surface area contributed by atoms with E-state index in [1.54, 1.807) is 37.5 Å². The molecule has 2 aromatic carbocycles. The first kappa shape index (κ1) is 25.9. The first-order chi connectivity index (χ1) is 17.3. The number of carbonyl (C=O) groups is 2. The topological polar surface area (TPSA) is 117 Å². The third-order valence-electron chi connectivity index (χ3n) is 5.58. The lowest BCUT2D eigenvalue weighted by molar-refractivity contribution is -0.143. The van der Waals surface area contributed by atoms with Crippen molar-refractivity contribution in [3.05, 3.63) is 46.8 Å². The SMILES string of the molecule is CCOC(=O)Cn1c(=NC(=O)c2ccc(S(=O)(=O)N(CC)CC)cc2)sc2cc3c(cc21)OCCO3. The molecule has 0 fully saturated rings. The van der Waals surface area contributed by atoms with Gasteiger partial charge in [-0.3, -0.25) is 9.59 Å². The van der Waals surface area contributed by atoms with E-state index in [4.69, 9.17) is 14.2 Å². The van der Waals surface area contributed by atoms with E-state index in [-0.39, 0.29) is 23.6 Å². The van der Waals surface area contributed by atoms with Gasteiger partial charge in [0.15, 0.2) is 16.3 Å². The molecular formula is C24H27N3O7S2. The van der Waals surface area contributed by atoms with Crippen molar-refractivity contribution in [2.24, 2.45) is 4.99 Å². The Morgan fingerprint density at radius 1 is 1.06 bits per heavy atom. The third kappa shape index (κ3) is 5.15. The van der Waals surface area contributed by atoms with Gasteiger partial charge in [-0.05, 0) is 31.2 Å². The normalized spacial score (nSPS) is 13.8. The highest BCUT2D eigenvalue weighted by Crippen LogP contribution is 2.35. The van der Waals surface area contributed by atoms with E-state index in [1.165, 1.54) is 39.9 Å². The second kappa shape index (κ2) is 10.8. The zero-order chi connectivity index (χ0) is 25.9. The van der Waals surface area contributed by atoms with Gasteiger partial charge in [0.1, 0.15) is 19.8 Å². The molecule has 1 aliphatic rings. The highest BCUT2D eigenvalue weighted by Gasteiger charge is 2.22. The fourth-order valence-corrected chi connectivity index (χ4v) is 6.31. The minimum Gasteiger partial charge on any atom is -0.486 e. The summed E-state index contributed by atoms with van der Waals surface area (Å²) >= 11 is 1.23. The van der Waals surface area contributed by atoms with Gasteiger partial charge in [0.05, 0.1) is 21.7 Å². The highest BCUT2D eigenvalue weighted by atomic mass is 32.2. The van der Waals surface area contributed by atoms with Crippen LogP contribution in [0.1, 0.15) is 31.1 Å². The molecule has 0 saturated carbocycles. The Balaban J connectivity index is 1.73. The number of hydrogen-bond donors (Lipinski definition) is 0. The molecule has 4 rings (SSSR count). The largest absolute Gasteiger partial charge is 0.486 e. The van der Waals surface area contributed by atoms with Crippen molar-refractivity contribution in [1.82, 2.24) is 8.87 Å². The number of nitrogens with zero attached hydrogens (tertiary/aromatic N) is 3. The summed E-state index contributed by atoms with van der Waals surface area (Å²) in [6.07, 6.45) is 0. The summed E-state index contributed by atoms with van der Waals surface area (Å²) < 4.78 is 45.6. The molecule has 0 unspecified atom stereocenters. The smallest absolute Gasteiger partial charge is 0.326 e. The van der Waals surface area contributed by atoms with Crippen LogP contribution >= 0.6 is 11.3 Å². The molecule has 1 aliphatic heterocycles. The fraction of sp³-hybridized carbons (Fsp3) is 0.375. The molecule has 10 nitrogen and oxygen atoms in total. The van der Waals surface area contributed by atoms with Crippen LogP contribution in [-0.2, 0) is 26.1 Å². The van der Waals surface area contributed by atoms with Crippen LogP contribution in [0.15, 0.2) is 46.3 Å². The third-order valence-corrected chi connectivity index (χ3v) is 8.69. The number of ether oxygens (including phenoxy) is 3. The first-order valence-corrected chi connectivity index (χ1v) is 13.8. The van der Waals surface area contributed by atoms with Gasteiger partial charge < -0.3 is 18.8 Å². The van der Waals surface area contributed by atoms with Gasteiger partial charge in [-0.15, -0.1) is 0 Å². The average molecular weight is 534 g/mol. The van der Waals surface area contributed by atoms with Crippen LogP contribution in [-0.4, -0.2) is 62.1 Å². The quantitative estimate of drug-likeness (QED) is 0.409. The number of carbonyl (C=O) groups excluding carboxylic acids is 2. The Kier molecular flexibility index (Phi) is 7.76. The molecule has 0 bridgehead atoms. The maximum absolute atomic E-state index is 13.0. The van der Waals surface area contributed by atoms with E-state index < -0.39 is 21.9 Å². The molecular weight excluding hydrogens is 506 g/mol. The minimum atomic E-state index is -3.64. The molecule has 0 aliphatic carbocycles. The Labute approximate surface area is 212 Å². The number of benzene rings is 2. The molecule has 12 heteroatoms. The molecule has 2 heterocycles. The summed E-state index contributed by atoms with van der Waals surface area (Å²) in [5.74, 6) is 0.100. The minimum absolute atomic E-state index is 0.104. The number of fused-ring (bicyclic) bond motifs is 2. The predicted molar refractivity (Wildman–Crippen MR) is 134 cm³/mol. The van der Waals surface area contributed by atoms with E-state index in [1.807, 2.05) is 0 Å². The Hall–Kier alpha value is -3.22. The zero-order valence-corrected chi connectivity index (χ0v) is 21.9. The predicted octanol–water partition coefficient (Wildman–Crippen LogP) is 2.81. The lowest BCUT2D eigenvalue weighted by Crippen LogP contribution is -2.30. The Morgan fingerprint density at radius 2 is 1.69 bits per heavy atom. The van der Waals surface area contributed by atoms with Gasteiger partial charge >= 0.3 is 5.97 Å². The second-order valence-corrected chi connectivity index (χ2v) is 10.7. The molecule has 0 radical (unpaired) electrons. The van der Waals surface area contributed by atoms with Gasteiger partial charge in [-0.1, -0.05) is 25.2 Å². The molecule has 1 amide bonds. The number of esters is 1. The van der Waals surface area contributed by atoms with E-state index in [2.05, 4.69) is 4.99 Å². The molecule has 0 atom stereocenters. The van der Waals surface area contributed by atoms with Crippen molar-refractivity contribution >= 4 is 43.5 Å². The summed E-state index contributed by atoms with van der Waals surface area (Å²) in [6.45, 7) is 6.88. The molecule has 0 spiro atoms. The summed E-state index contributed by atoms with van der Waals surface area (Å²) in [4.78, 5) is 30.0. The summed E-state index contributed by atoms with van der Waals surface area (Å²) in [6, 6.07) is 9.23. The molecule has 0 N–H and O–H groups in total. The number of thiazole rings is 1. The lowest BCUT2D eigenvalue weighted by atomic mass is 10.2. The number of sulfonamides is 1. The highest BCUT2D eigenvalue weighted by molar-refractivity contribution is 7.89. The summed E-state index contributed by atoms with van der Waals surface area (Å²) in [5, 5.41) is 0. The van der Waals surface area contributed by atoms with Crippen LogP contribution in [0.25, 0.3) is 10.2 Å². The van der Waals surface area contributed by atoms with Crippen LogP contribution in [0.5, 0.6) is 11.5 Å². The van der Waals surface area contributed by atoms with Crippen molar-refractivity contribution in [1.29, 1.82) is 0 Å². The van der Waals surface area contributed by atoms with Crippen molar-refractivity contribution in [2.75, 3.05) is 32.9 Å². The number of hydrogen-bond acceptors (Lipinski definition) is 8. The van der Waals surface area contributed by atoms with Crippen LogP contribution in [0, 0.1) is 0 Å². The maximum atomic E-state index is 13.0. The fourth-order valence-electron chi connectivity index (χ4n) is 3.81. The first-order valence-electron chi connectivity index (χ1n) is 11.6. The number of amides is 1. The lowest BCUT2D eigenvalue weighted by Gasteiger charge is -2.18. The second-order valence-electron chi connectivity index (χ2n) is 7.77. The van der Waals surface area contributed by atoms with Crippen LogP contribution in [0.4, 0.5) is 0 Å². The molecule has 36 heavy (non-hydrogen) atoms. The Morgan fingerprint density at radius 3 is 2.31 bits per heavy atom. The number of aromatic nitrogens is 1. The summed E-state index contributed by atoms with van der Waals surface area (Å²) in [5.41, 5.74) is 0.879. The van der Waals surface area contributed by atoms with Crippen molar-refractivity contribution in [3.63, 3.8) is 0 Å². The monoisotopic (exact) mass is 533 g/mol. The van der Waals surface area contributed by atoms with E-state index in [9.17, 15) is 18.0 Å². The van der Waals surface area contributed by atoms with Gasteiger partial charge in [0.25, 0.3) is 5.91 Å². The van der Waals surface area contributed by atoms with E-state index in [0.717, 1.165) is 4.70 Å². The van der Waals surface area contributed by atoms with Crippen LogP contribution in [0.3, 0.4) is 0 Å². The van der Waals surface area contributed by atoms with Crippen LogP contribution < -0.4 is 14.3 Å².